The Hall–Kier alpha value is 0.280. The van der Waals surface area contributed by atoms with E-state index in [0.717, 1.165) is 28.8 Å². The molecule has 0 spiro atoms. The van der Waals surface area contributed by atoms with E-state index in [4.69, 9.17) is 11.6 Å². The van der Waals surface area contributed by atoms with Gasteiger partial charge in [-0.3, -0.25) is 0 Å². The van der Waals surface area contributed by atoms with Gasteiger partial charge in [0, 0.05) is 22.2 Å². The first-order valence-electron chi connectivity index (χ1n) is 4.94. The maximum Gasteiger partial charge on any atom is 0.147 e. The second-order valence-electron chi connectivity index (χ2n) is 3.65. The molecule has 1 saturated carbocycles. The molecule has 1 fully saturated rings. The Balaban J connectivity index is 0.00000112. The monoisotopic (exact) mass is 305 g/mol. The van der Waals surface area contributed by atoms with Crippen LogP contribution in [0, 0.1) is 0 Å². The summed E-state index contributed by atoms with van der Waals surface area (Å²) in [5, 5.41) is 0.561. The zero-order chi connectivity index (χ0) is 10.1. The Morgan fingerprint density at radius 1 is 1.40 bits per heavy atom. The average Bonchev–Trinajstić information content (AvgIpc) is 2.94. The third-order valence-corrected chi connectivity index (χ3v) is 3.60. The van der Waals surface area contributed by atoms with Crippen LogP contribution in [0.15, 0.2) is 4.47 Å². The molecule has 0 bridgehead atoms. The lowest BCUT2D eigenvalue weighted by Crippen LogP contribution is -2.00. The first kappa shape index (κ1) is 13.3. The van der Waals surface area contributed by atoms with E-state index in [-0.39, 0.29) is 9.90 Å². The van der Waals surface area contributed by atoms with Crippen molar-refractivity contribution in [3.05, 3.63) is 21.1 Å². The van der Waals surface area contributed by atoms with Gasteiger partial charge in [-0.15, -0.1) is 0 Å². The van der Waals surface area contributed by atoms with Crippen molar-refractivity contribution in [1.29, 1.82) is 0 Å². The Morgan fingerprint density at radius 2 is 2.07 bits per heavy atom. The van der Waals surface area contributed by atoms with Crippen LogP contribution in [-0.4, -0.2) is 9.97 Å². The van der Waals surface area contributed by atoms with E-state index in [1.54, 1.807) is 0 Å². The number of rotatable bonds is 3. The van der Waals surface area contributed by atoms with Crippen LogP contribution in [0.3, 0.4) is 0 Å². The van der Waals surface area contributed by atoms with E-state index in [9.17, 15) is 0 Å². The Kier molecular flexibility index (Phi) is 4.95. The zero-order valence-electron chi connectivity index (χ0n) is 8.50. The second kappa shape index (κ2) is 5.56. The lowest BCUT2D eigenvalue weighted by Gasteiger charge is -2.06. The summed E-state index contributed by atoms with van der Waals surface area (Å²) in [5.74, 6) is 1.49. The Bertz CT molecular complexity index is 356. The van der Waals surface area contributed by atoms with Crippen molar-refractivity contribution in [2.75, 3.05) is 0 Å². The summed E-state index contributed by atoms with van der Waals surface area (Å²) in [7, 11) is 0. The molecule has 0 aliphatic heterocycles. The summed E-state index contributed by atoms with van der Waals surface area (Å²) >= 11 is 9.48. The van der Waals surface area contributed by atoms with Crippen LogP contribution in [0.5, 0.6) is 0 Å². The van der Waals surface area contributed by atoms with Gasteiger partial charge in [0.25, 0.3) is 0 Å². The highest BCUT2D eigenvalue weighted by Gasteiger charge is 2.28. The predicted molar refractivity (Wildman–Crippen MR) is 67.6 cm³/mol. The van der Waals surface area contributed by atoms with E-state index in [2.05, 4.69) is 32.8 Å². The SMILES string of the molecule is CCCc1nc(Cl)c(Br)c(C2CC2)n1.[P]. The first-order valence-corrected chi connectivity index (χ1v) is 6.11. The summed E-state index contributed by atoms with van der Waals surface area (Å²) in [5.41, 5.74) is 1.11. The highest BCUT2D eigenvalue weighted by atomic mass is 79.9. The fourth-order valence-corrected chi connectivity index (χ4v) is 2.14. The lowest BCUT2D eigenvalue weighted by molar-refractivity contribution is 0.807. The fraction of sp³-hybridized carbons (Fsp3) is 0.600. The highest BCUT2D eigenvalue weighted by Crippen LogP contribution is 2.43. The summed E-state index contributed by atoms with van der Waals surface area (Å²) < 4.78 is 0.890. The smallest absolute Gasteiger partial charge is 0.147 e. The van der Waals surface area contributed by atoms with Crippen LogP contribution >= 0.6 is 37.4 Å². The van der Waals surface area contributed by atoms with Crippen LogP contribution < -0.4 is 0 Å². The molecule has 1 heterocycles. The number of hydrogen-bond acceptors (Lipinski definition) is 2. The van der Waals surface area contributed by atoms with Crippen molar-refractivity contribution < 1.29 is 0 Å². The molecule has 0 amide bonds. The minimum atomic E-state index is 0. The minimum absolute atomic E-state index is 0. The number of nitrogens with zero attached hydrogens (tertiary/aromatic N) is 2. The van der Waals surface area contributed by atoms with E-state index in [1.807, 2.05) is 0 Å². The molecule has 2 nitrogen and oxygen atoms in total. The number of aromatic nitrogens is 2. The van der Waals surface area contributed by atoms with Crippen LogP contribution in [0.4, 0.5) is 0 Å². The number of aryl methyl sites for hydroxylation is 1. The van der Waals surface area contributed by atoms with E-state index in [1.165, 1.54) is 12.8 Å². The molecule has 5 heteroatoms. The second-order valence-corrected chi connectivity index (χ2v) is 4.81. The first-order chi connectivity index (χ1) is 6.72. The molecule has 0 N–H and O–H groups in total. The molecular formula is C10H12BrClN2P. The molecule has 0 atom stereocenters. The molecule has 0 saturated heterocycles. The van der Waals surface area contributed by atoms with E-state index < -0.39 is 0 Å². The van der Waals surface area contributed by atoms with Gasteiger partial charge in [0.2, 0.25) is 0 Å². The van der Waals surface area contributed by atoms with Crippen LogP contribution in [0.1, 0.15) is 43.6 Å². The van der Waals surface area contributed by atoms with Gasteiger partial charge in [-0.05, 0) is 35.2 Å². The summed E-state index contributed by atoms with van der Waals surface area (Å²) in [4.78, 5) is 8.78. The Morgan fingerprint density at radius 3 is 2.60 bits per heavy atom. The van der Waals surface area contributed by atoms with Crippen molar-refractivity contribution >= 4 is 37.4 Å². The van der Waals surface area contributed by atoms with Gasteiger partial charge < -0.3 is 0 Å². The van der Waals surface area contributed by atoms with Crippen LogP contribution in [0.2, 0.25) is 5.15 Å². The van der Waals surface area contributed by atoms with Gasteiger partial charge in [-0.2, -0.15) is 0 Å². The number of hydrogen-bond donors (Lipinski definition) is 0. The number of halogens is 2. The van der Waals surface area contributed by atoms with Gasteiger partial charge in [-0.1, -0.05) is 18.5 Å². The van der Waals surface area contributed by atoms with Crippen molar-refractivity contribution in [2.24, 2.45) is 0 Å². The molecule has 1 aromatic rings. The molecule has 2 rings (SSSR count). The van der Waals surface area contributed by atoms with Crippen molar-refractivity contribution in [1.82, 2.24) is 9.97 Å². The molecule has 0 unspecified atom stereocenters. The molecule has 1 aliphatic rings. The molecule has 1 aromatic heterocycles. The van der Waals surface area contributed by atoms with Crippen molar-refractivity contribution in [3.8, 4) is 0 Å². The summed E-state index contributed by atoms with van der Waals surface area (Å²) in [6.07, 6.45) is 4.43. The van der Waals surface area contributed by atoms with Gasteiger partial charge in [0.1, 0.15) is 11.0 Å². The normalized spacial score (nSPS) is 14.9. The third kappa shape index (κ3) is 3.12. The largest absolute Gasteiger partial charge is 0.236 e. The fourth-order valence-electron chi connectivity index (χ4n) is 1.44. The van der Waals surface area contributed by atoms with Gasteiger partial charge >= 0.3 is 0 Å². The average molecular weight is 307 g/mol. The maximum atomic E-state index is 6.03. The molecule has 15 heavy (non-hydrogen) atoms. The van der Waals surface area contributed by atoms with Crippen LogP contribution in [-0.2, 0) is 6.42 Å². The van der Waals surface area contributed by atoms with Crippen LogP contribution in [0.25, 0.3) is 0 Å². The van der Waals surface area contributed by atoms with Gasteiger partial charge in [0.15, 0.2) is 0 Å². The quantitative estimate of drug-likeness (QED) is 0.603. The predicted octanol–water partition coefficient (Wildman–Crippen LogP) is 4.58. The Labute approximate surface area is 107 Å². The van der Waals surface area contributed by atoms with Gasteiger partial charge in [-0.25, -0.2) is 9.97 Å². The van der Waals surface area contributed by atoms with E-state index in [0.29, 0.717) is 11.1 Å². The highest BCUT2D eigenvalue weighted by molar-refractivity contribution is 9.10. The topological polar surface area (TPSA) is 25.8 Å². The maximum absolute atomic E-state index is 6.03. The molecule has 0 aromatic carbocycles. The lowest BCUT2D eigenvalue weighted by atomic mass is 10.2. The third-order valence-electron chi connectivity index (χ3n) is 2.32. The molecule has 3 radical (unpaired) electrons. The minimum Gasteiger partial charge on any atom is -0.236 e. The van der Waals surface area contributed by atoms with Crippen molar-refractivity contribution in [2.45, 2.75) is 38.5 Å². The van der Waals surface area contributed by atoms with E-state index >= 15 is 0 Å². The summed E-state index contributed by atoms with van der Waals surface area (Å²) in [6.45, 7) is 2.12. The molecule has 81 valence electrons. The van der Waals surface area contributed by atoms with Gasteiger partial charge in [0.05, 0.1) is 10.2 Å². The van der Waals surface area contributed by atoms with Crippen molar-refractivity contribution in [3.63, 3.8) is 0 Å². The zero-order valence-corrected chi connectivity index (χ0v) is 11.7. The molecular weight excluding hydrogens is 294 g/mol. The molecule has 1 aliphatic carbocycles. The standard InChI is InChI=1S/C10H12BrClN2.P/c1-2-3-7-13-9(6-4-5-6)8(11)10(12)14-7;/h6H,2-5H2,1H3;. The summed E-state index contributed by atoms with van der Waals surface area (Å²) in [6, 6.07) is 0.